The van der Waals surface area contributed by atoms with Crippen LogP contribution in [-0.4, -0.2) is 37.0 Å². The van der Waals surface area contributed by atoms with Crippen molar-refractivity contribution < 1.29 is 28.7 Å². The molecule has 0 bridgehead atoms. The Labute approximate surface area is 270 Å². The highest BCUT2D eigenvalue weighted by atomic mass is 16.5. The lowest BCUT2D eigenvalue weighted by atomic mass is 10.1. The topological polar surface area (TPSA) is 111 Å². The van der Waals surface area contributed by atoms with E-state index in [9.17, 15) is 19.2 Å². The number of rotatable bonds is 18. The highest BCUT2D eigenvalue weighted by Crippen LogP contribution is 2.29. The standard InChI is InChI=1S/C38H42N2O6/c41-35(23-9-25-37(43)45-27-11-17-29-13-3-1-4-14-29)39-33-21-7-20-32-31(33)19-8-22-34(32)40-36(42)24-10-26-38(44)46-28-12-18-30-15-5-2-6-16-30/h1-8,13-16,19-22H,9-12,17-18,23-28H2,(H,39,41)(H,40,42). The van der Waals surface area contributed by atoms with Crippen LogP contribution in [0.25, 0.3) is 10.8 Å². The minimum absolute atomic E-state index is 0.177. The SMILES string of the molecule is O=C(CCCC(=O)OCCCc1ccccc1)Nc1cccc2c(NC(=O)CCCC(=O)OCCCc3ccccc3)cccc12. The monoisotopic (exact) mass is 622 g/mol. The predicted molar refractivity (Wildman–Crippen MR) is 180 cm³/mol. The van der Waals surface area contributed by atoms with Crippen molar-refractivity contribution in [1.29, 1.82) is 0 Å². The molecule has 4 rings (SSSR count). The van der Waals surface area contributed by atoms with Crippen molar-refractivity contribution >= 4 is 45.9 Å². The van der Waals surface area contributed by atoms with E-state index >= 15 is 0 Å². The number of ether oxygens (including phenoxy) is 2. The van der Waals surface area contributed by atoms with Gasteiger partial charge in [0.15, 0.2) is 0 Å². The Balaban J connectivity index is 1.14. The fourth-order valence-electron chi connectivity index (χ4n) is 5.10. The van der Waals surface area contributed by atoms with Crippen LogP contribution in [0.15, 0.2) is 97.1 Å². The molecule has 0 spiro atoms. The molecule has 0 radical (unpaired) electrons. The Morgan fingerprint density at radius 3 is 1.28 bits per heavy atom. The second-order valence-electron chi connectivity index (χ2n) is 11.1. The van der Waals surface area contributed by atoms with E-state index < -0.39 is 0 Å². The number of fused-ring (bicyclic) bond motifs is 1. The number of esters is 2. The van der Waals surface area contributed by atoms with Gasteiger partial charge in [0, 0.05) is 47.8 Å². The van der Waals surface area contributed by atoms with Crippen molar-refractivity contribution in [2.75, 3.05) is 23.8 Å². The van der Waals surface area contributed by atoms with Gasteiger partial charge in [-0.3, -0.25) is 19.2 Å². The van der Waals surface area contributed by atoms with Crippen molar-refractivity contribution in [3.63, 3.8) is 0 Å². The van der Waals surface area contributed by atoms with Gasteiger partial charge < -0.3 is 20.1 Å². The summed E-state index contributed by atoms with van der Waals surface area (Å²) in [6.45, 7) is 0.716. The fourth-order valence-corrected chi connectivity index (χ4v) is 5.10. The van der Waals surface area contributed by atoms with Crippen molar-refractivity contribution in [1.82, 2.24) is 0 Å². The molecule has 0 aliphatic rings. The van der Waals surface area contributed by atoms with E-state index in [1.807, 2.05) is 84.9 Å². The number of carbonyl (C=O) groups is 4. The van der Waals surface area contributed by atoms with Crippen LogP contribution in [0, 0.1) is 0 Å². The van der Waals surface area contributed by atoms with Crippen LogP contribution in [0.5, 0.6) is 0 Å². The highest BCUT2D eigenvalue weighted by molar-refractivity contribution is 6.09. The molecule has 2 N–H and O–H groups in total. The van der Waals surface area contributed by atoms with E-state index in [0.717, 1.165) is 36.5 Å². The fraction of sp³-hybridized carbons (Fsp3) is 0.316. The molecule has 8 heteroatoms. The maximum Gasteiger partial charge on any atom is 0.305 e. The lowest BCUT2D eigenvalue weighted by molar-refractivity contribution is -0.144. The van der Waals surface area contributed by atoms with Gasteiger partial charge in [-0.05, 0) is 61.8 Å². The summed E-state index contributed by atoms with van der Waals surface area (Å²) in [5, 5.41) is 7.43. The summed E-state index contributed by atoms with van der Waals surface area (Å²) in [4.78, 5) is 49.5. The number of hydrogen-bond donors (Lipinski definition) is 2. The van der Waals surface area contributed by atoms with Crippen LogP contribution >= 0.6 is 0 Å². The Morgan fingerprint density at radius 1 is 0.457 bits per heavy atom. The number of benzene rings is 4. The third kappa shape index (κ3) is 11.8. The maximum atomic E-state index is 12.7. The van der Waals surface area contributed by atoms with Crippen molar-refractivity contribution in [2.45, 2.75) is 64.2 Å². The first-order chi connectivity index (χ1) is 22.5. The third-order valence-electron chi connectivity index (χ3n) is 7.47. The van der Waals surface area contributed by atoms with Crippen LogP contribution in [0.2, 0.25) is 0 Å². The summed E-state index contributed by atoms with van der Waals surface area (Å²) in [5.41, 5.74) is 3.66. The first-order valence-electron chi connectivity index (χ1n) is 16.0. The van der Waals surface area contributed by atoms with Crippen LogP contribution in [0.1, 0.15) is 62.5 Å². The molecule has 0 atom stereocenters. The van der Waals surface area contributed by atoms with Gasteiger partial charge in [0.2, 0.25) is 11.8 Å². The van der Waals surface area contributed by atoms with E-state index in [2.05, 4.69) is 10.6 Å². The summed E-state index contributed by atoms with van der Waals surface area (Å²) < 4.78 is 10.6. The molecular formula is C38H42N2O6. The van der Waals surface area contributed by atoms with Crippen LogP contribution in [-0.2, 0) is 41.5 Å². The molecule has 4 aromatic rings. The third-order valence-corrected chi connectivity index (χ3v) is 7.47. The van der Waals surface area contributed by atoms with Gasteiger partial charge in [-0.15, -0.1) is 0 Å². The summed E-state index contributed by atoms with van der Waals surface area (Å²) in [6, 6.07) is 31.1. The average Bonchev–Trinajstić information content (AvgIpc) is 3.06. The Bertz CT molecular complexity index is 1450. The van der Waals surface area contributed by atoms with Crippen molar-refractivity contribution in [3.05, 3.63) is 108 Å². The molecule has 0 fully saturated rings. The summed E-state index contributed by atoms with van der Waals surface area (Å²) in [6.07, 6.45) is 4.69. The second kappa shape index (κ2) is 18.7. The minimum atomic E-state index is -0.304. The predicted octanol–water partition coefficient (Wildman–Crippen LogP) is 7.41. The van der Waals surface area contributed by atoms with Gasteiger partial charge >= 0.3 is 11.9 Å². The van der Waals surface area contributed by atoms with Crippen molar-refractivity contribution in [2.24, 2.45) is 0 Å². The average molecular weight is 623 g/mol. The van der Waals surface area contributed by atoms with Gasteiger partial charge in [0.05, 0.1) is 13.2 Å². The zero-order valence-corrected chi connectivity index (χ0v) is 26.2. The summed E-state index contributed by atoms with van der Waals surface area (Å²) in [7, 11) is 0. The molecule has 0 heterocycles. The van der Waals surface area contributed by atoms with E-state index in [1.165, 1.54) is 11.1 Å². The zero-order chi connectivity index (χ0) is 32.4. The quantitative estimate of drug-likeness (QED) is 0.0883. The molecule has 0 aromatic heterocycles. The Hall–Kier alpha value is -4.98. The molecule has 0 saturated heterocycles. The largest absolute Gasteiger partial charge is 0.466 e. The number of amides is 2. The summed E-state index contributed by atoms with van der Waals surface area (Å²) >= 11 is 0. The second-order valence-corrected chi connectivity index (χ2v) is 11.1. The number of hydrogen-bond acceptors (Lipinski definition) is 6. The van der Waals surface area contributed by atoms with Gasteiger partial charge in [0.25, 0.3) is 0 Å². The van der Waals surface area contributed by atoms with Gasteiger partial charge in [-0.25, -0.2) is 0 Å². The maximum absolute atomic E-state index is 12.7. The molecule has 240 valence electrons. The van der Waals surface area contributed by atoms with Crippen LogP contribution in [0.3, 0.4) is 0 Å². The molecule has 2 amide bonds. The van der Waals surface area contributed by atoms with Crippen LogP contribution < -0.4 is 10.6 Å². The Morgan fingerprint density at radius 2 is 0.870 bits per heavy atom. The lowest BCUT2D eigenvalue weighted by Crippen LogP contribution is -2.14. The minimum Gasteiger partial charge on any atom is -0.466 e. The molecular weight excluding hydrogens is 580 g/mol. The first-order valence-corrected chi connectivity index (χ1v) is 16.0. The molecule has 4 aromatic carbocycles. The van der Waals surface area contributed by atoms with Crippen molar-refractivity contribution in [3.8, 4) is 0 Å². The van der Waals surface area contributed by atoms with Gasteiger partial charge in [0.1, 0.15) is 0 Å². The Kier molecular flexibility index (Phi) is 13.8. The smallest absolute Gasteiger partial charge is 0.305 e. The van der Waals surface area contributed by atoms with E-state index in [0.29, 0.717) is 37.4 Å². The molecule has 0 saturated carbocycles. The van der Waals surface area contributed by atoms with E-state index in [1.54, 1.807) is 12.1 Å². The molecule has 0 aliphatic carbocycles. The number of aryl methyl sites for hydroxylation is 2. The van der Waals surface area contributed by atoms with Gasteiger partial charge in [-0.1, -0.05) is 84.9 Å². The first kappa shape index (κ1) is 33.9. The molecule has 46 heavy (non-hydrogen) atoms. The molecule has 0 aliphatic heterocycles. The number of carbonyl (C=O) groups excluding carboxylic acids is 4. The highest BCUT2D eigenvalue weighted by Gasteiger charge is 2.12. The zero-order valence-electron chi connectivity index (χ0n) is 26.2. The van der Waals surface area contributed by atoms with E-state index in [-0.39, 0.29) is 49.4 Å². The molecule has 8 nitrogen and oxygen atoms in total. The molecule has 0 unspecified atom stereocenters. The number of nitrogens with one attached hydrogen (secondary N) is 2. The number of anilines is 2. The lowest BCUT2D eigenvalue weighted by Gasteiger charge is -2.13. The van der Waals surface area contributed by atoms with Gasteiger partial charge in [-0.2, -0.15) is 0 Å². The normalized spacial score (nSPS) is 10.7. The summed E-state index contributed by atoms with van der Waals surface area (Å²) in [5.74, 6) is -1.01. The van der Waals surface area contributed by atoms with E-state index in [4.69, 9.17) is 9.47 Å². The van der Waals surface area contributed by atoms with Crippen LogP contribution in [0.4, 0.5) is 11.4 Å².